The summed E-state index contributed by atoms with van der Waals surface area (Å²) in [6.07, 6.45) is 3.00. The second kappa shape index (κ2) is 4.28. The largest absolute Gasteiger partial charge is 0.424 e. The van der Waals surface area contributed by atoms with E-state index in [0.717, 1.165) is 11.3 Å². The first-order valence-corrected chi connectivity index (χ1v) is 4.84. The maximum atomic E-state index is 5.66. The van der Waals surface area contributed by atoms with Crippen molar-refractivity contribution in [2.45, 2.75) is 6.92 Å². The molecule has 0 saturated heterocycles. The summed E-state index contributed by atoms with van der Waals surface area (Å²) in [4.78, 5) is 7.88. The smallest absolute Gasteiger partial charge is 0.321 e. The van der Waals surface area contributed by atoms with Crippen LogP contribution in [0.15, 0.2) is 36.7 Å². The molecule has 0 amide bonds. The van der Waals surface area contributed by atoms with Gasteiger partial charge in [0.25, 0.3) is 0 Å². The maximum absolute atomic E-state index is 5.66. The van der Waals surface area contributed by atoms with E-state index < -0.39 is 0 Å². The summed E-state index contributed by atoms with van der Waals surface area (Å²) in [6, 6.07) is 7.98. The van der Waals surface area contributed by atoms with Crippen molar-refractivity contribution in [1.29, 1.82) is 0 Å². The molecule has 2 aromatic rings. The van der Waals surface area contributed by atoms with Crippen molar-refractivity contribution in [2.75, 3.05) is 0 Å². The zero-order chi connectivity index (χ0) is 10.7. The van der Waals surface area contributed by atoms with Crippen LogP contribution in [0.5, 0.6) is 11.8 Å². The van der Waals surface area contributed by atoms with Gasteiger partial charge in [0.2, 0.25) is 0 Å². The van der Waals surface area contributed by atoms with Gasteiger partial charge in [0, 0.05) is 0 Å². The van der Waals surface area contributed by atoms with Gasteiger partial charge in [0.15, 0.2) is 0 Å². The summed E-state index contributed by atoms with van der Waals surface area (Å²) in [5, 5.41) is 0.492. The molecule has 0 aliphatic rings. The van der Waals surface area contributed by atoms with Crippen LogP contribution in [0.2, 0.25) is 5.02 Å². The number of ether oxygens (including phenoxy) is 1. The van der Waals surface area contributed by atoms with Gasteiger partial charge in [-0.05, 0) is 24.6 Å². The lowest BCUT2D eigenvalue weighted by Crippen LogP contribution is -1.90. The molecule has 1 heterocycles. The maximum Gasteiger partial charge on any atom is 0.321 e. The van der Waals surface area contributed by atoms with Crippen LogP contribution in [-0.4, -0.2) is 9.97 Å². The van der Waals surface area contributed by atoms with Crippen LogP contribution in [0.4, 0.5) is 0 Å². The Labute approximate surface area is 92.7 Å². The average molecular weight is 221 g/mol. The Bertz CT molecular complexity index is 456. The fourth-order valence-electron chi connectivity index (χ4n) is 1.14. The molecule has 4 heteroatoms. The molecule has 76 valence electrons. The van der Waals surface area contributed by atoms with Crippen molar-refractivity contribution in [2.24, 2.45) is 0 Å². The predicted molar refractivity (Wildman–Crippen MR) is 58.3 cm³/mol. The van der Waals surface area contributed by atoms with Crippen molar-refractivity contribution in [1.82, 2.24) is 9.97 Å². The number of aromatic nitrogens is 2. The van der Waals surface area contributed by atoms with Crippen molar-refractivity contribution >= 4 is 11.6 Å². The quantitative estimate of drug-likeness (QED) is 0.780. The Hall–Kier alpha value is -1.61. The lowest BCUT2D eigenvalue weighted by atomic mass is 10.2. The van der Waals surface area contributed by atoms with Gasteiger partial charge >= 0.3 is 6.01 Å². The molecule has 0 bridgehead atoms. The minimum Gasteiger partial charge on any atom is -0.424 e. The van der Waals surface area contributed by atoms with Gasteiger partial charge in [-0.15, -0.1) is 0 Å². The van der Waals surface area contributed by atoms with E-state index in [-0.39, 0.29) is 0 Å². The Kier molecular flexibility index (Phi) is 2.83. The van der Waals surface area contributed by atoms with Crippen molar-refractivity contribution < 1.29 is 4.74 Å². The van der Waals surface area contributed by atoms with Crippen LogP contribution in [0.3, 0.4) is 0 Å². The zero-order valence-corrected chi connectivity index (χ0v) is 8.90. The summed E-state index contributed by atoms with van der Waals surface area (Å²) >= 11 is 5.66. The molecular weight excluding hydrogens is 212 g/mol. The Morgan fingerprint density at radius 2 is 1.93 bits per heavy atom. The molecule has 0 N–H and O–H groups in total. The first-order chi connectivity index (χ1) is 7.24. The van der Waals surface area contributed by atoms with Crippen LogP contribution >= 0.6 is 11.6 Å². The molecular formula is C11H9ClN2O. The standard InChI is InChI=1S/C11H9ClN2O/c1-8-3-2-4-10(5-8)15-11-13-6-9(12)7-14-11/h2-7H,1H3. The van der Waals surface area contributed by atoms with E-state index in [9.17, 15) is 0 Å². The summed E-state index contributed by atoms with van der Waals surface area (Å²) in [6.45, 7) is 2.00. The lowest BCUT2D eigenvalue weighted by Gasteiger charge is -2.03. The fraction of sp³-hybridized carbons (Fsp3) is 0.0909. The van der Waals surface area contributed by atoms with E-state index >= 15 is 0 Å². The molecule has 0 radical (unpaired) electrons. The SMILES string of the molecule is Cc1cccc(Oc2ncc(Cl)cn2)c1. The molecule has 1 aromatic carbocycles. The highest BCUT2D eigenvalue weighted by atomic mass is 35.5. The number of halogens is 1. The van der Waals surface area contributed by atoms with Crippen LogP contribution in [-0.2, 0) is 0 Å². The number of aryl methyl sites for hydroxylation is 1. The summed E-state index contributed by atoms with van der Waals surface area (Å²) in [5.41, 5.74) is 1.13. The monoisotopic (exact) mass is 220 g/mol. The van der Waals surface area contributed by atoms with Gasteiger partial charge in [-0.25, -0.2) is 9.97 Å². The highest BCUT2D eigenvalue weighted by Gasteiger charge is 1.99. The van der Waals surface area contributed by atoms with Crippen molar-refractivity contribution in [3.63, 3.8) is 0 Å². The molecule has 3 nitrogen and oxygen atoms in total. The second-order valence-corrected chi connectivity index (χ2v) is 3.54. The molecule has 15 heavy (non-hydrogen) atoms. The average Bonchev–Trinajstić information content (AvgIpc) is 2.22. The van der Waals surface area contributed by atoms with E-state index in [1.165, 1.54) is 12.4 Å². The van der Waals surface area contributed by atoms with Crippen LogP contribution in [0.1, 0.15) is 5.56 Å². The molecule has 0 fully saturated rings. The van der Waals surface area contributed by atoms with E-state index in [1.807, 2.05) is 31.2 Å². The van der Waals surface area contributed by atoms with Crippen molar-refractivity contribution in [3.05, 3.63) is 47.2 Å². The fourth-order valence-corrected chi connectivity index (χ4v) is 1.23. The molecule has 0 saturated carbocycles. The first-order valence-electron chi connectivity index (χ1n) is 4.46. The highest BCUT2D eigenvalue weighted by molar-refractivity contribution is 6.30. The number of hydrogen-bond donors (Lipinski definition) is 0. The van der Waals surface area contributed by atoms with Crippen LogP contribution in [0, 0.1) is 6.92 Å². The molecule has 1 aromatic heterocycles. The lowest BCUT2D eigenvalue weighted by molar-refractivity contribution is 0.441. The van der Waals surface area contributed by atoms with E-state index in [1.54, 1.807) is 0 Å². The molecule has 0 aliphatic heterocycles. The summed E-state index contributed by atoms with van der Waals surface area (Å²) in [7, 11) is 0. The van der Waals surface area contributed by atoms with Crippen LogP contribution < -0.4 is 4.74 Å². The normalized spacial score (nSPS) is 10.0. The third-order valence-electron chi connectivity index (χ3n) is 1.80. The zero-order valence-electron chi connectivity index (χ0n) is 8.14. The van der Waals surface area contributed by atoms with Crippen molar-refractivity contribution in [3.8, 4) is 11.8 Å². The number of rotatable bonds is 2. The van der Waals surface area contributed by atoms with Crippen LogP contribution in [0.25, 0.3) is 0 Å². The minimum absolute atomic E-state index is 0.296. The third kappa shape index (κ3) is 2.67. The molecule has 0 aliphatic carbocycles. The van der Waals surface area contributed by atoms with Gasteiger partial charge in [-0.2, -0.15) is 0 Å². The topological polar surface area (TPSA) is 35.0 Å². The van der Waals surface area contributed by atoms with Gasteiger partial charge in [0.1, 0.15) is 5.75 Å². The molecule has 0 atom stereocenters. The molecule has 2 rings (SSSR count). The van der Waals surface area contributed by atoms with Gasteiger partial charge in [-0.3, -0.25) is 0 Å². The van der Waals surface area contributed by atoms with E-state index in [2.05, 4.69) is 9.97 Å². The van der Waals surface area contributed by atoms with E-state index in [4.69, 9.17) is 16.3 Å². The number of nitrogens with zero attached hydrogens (tertiary/aromatic N) is 2. The second-order valence-electron chi connectivity index (χ2n) is 3.10. The van der Waals surface area contributed by atoms with Gasteiger partial charge in [0.05, 0.1) is 17.4 Å². The molecule has 0 spiro atoms. The Morgan fingerprint density at radius 1 is 1.20 bits per heavy atom. The highest BCUT2D eigenvalue weighted by Crippen LogP contribution is 2.18. The third-order valence-corrected chi connectivity index (χ3v) is 1.99. The molecule has 0 unspecified atom stereocenters. The number of hydrogen-bond acceptors (Lipinski definition) is 3. The Morgan fingerprint density at radius 3 is 2.60 bits per heavy atom. The first kappa shape index (κ1) is 9.93. The van der Waals surface area contributed by atoms with E-state index in [0.29, 0.717) is 11.0 Å². The van der Waals surface area contributed by atoms with Gasteiger partial charge < -0.3 is 4.74 Å². The summed E-state index contributed by atoms with van der Waals surface area (Å²) < 4.78 is 5.43. The summed E-state index contributed by atoms with van der Waals surface area (Å²) in [5.74, 6) is 0.720. The minimum atomic E-state index is 0.296. The van der Waals surface area contributed by atoms with Gasteiger partial charge in [-0.1, -0.05) is 23.7 Å². The number of benzene rings is 1. The predicted octanol–water partition coefficient (Wildman–Crippen LogP) is 3.23. The Balaban J connectivity index is 2.18.